The molecule has 0 aromatic heterocycles. The van der Waals surface area contributed by atoms with E-state index in [2.05, 4.69) is 19.2 Å². The van der Waals surface area contributed by atoms with Crippen LogP contribution in [0.1, 0.15) is 33.1 Å². The number of rotatable bonds is 5. The van der Waals surface area contributed by atoms with Gasteiger partial charge in [0.05, 0.1) is 31.4 Å². The van der Waals surface area contributed by atoms with Crippen molar-refractivity contribution < 1.29 is 14.3 Å². The number of hydrogen-bond donors (Lipinski definition) is 1. The summed E-state index contributed by atoms with van der Waals surface area (Å²) in [4.78, 5) is 14.2. The SMILES string of the molecule is CC[C@@]1(C)CN(C(=O)N[C@@H](COC)C2CC2)CCO1. The Labute approximate surface area is 115 Å². The third kappa shape index (κ3) is 3.83. The quantitative estimate of drug-likeness (QED) is 0.826. The maximum Gasteiger partial charge on any atom is 0.317 e. The fourth-order valence-corrected chi connectivity index (χ4v) is 2.54. The molecule has 2 atom stereocenters. The summed E-state index contributed by atoms with van der Waals surface area (Å²) in [6.45, 7) is 6.73. The van der Waals surface area contributed by atoms with E-state index in [4.69, 9.17) is 9.47 Å². The van der Waals surface area contributed by atoms with Gasteiger partial charge in [-0.2, -0.15) is 0 Å². The summed E-state index contributed by atoms with van der Waals surface area (Å²) in [6, 6.07) is 0.185. The summed E-state index contributed by atoms with van der Waals surface area (Å²) in [5.74, 6) is 0.600. The van der Waals surface area contributed by atoms with E-state index in [1.165, 1.54) is 12.8 Å². The predicted octanol–water partition coefficient (Wildman–Crippen LogP) is 1.62. The van der Waals surface area contributed by atoms with Gasteiger partial charge in [-0.25, -0.2) is 4.79 Å². The molecular formula is C14H26N2O3. The van der Waals surface area contributed by atoms with Gasteiger partial charge in [0.15, 0.2) is 0 Å². The number of nitrogens with zero attached hydrogens (tertiary/aromatic N) is 1. The number of methoxy groups -OCH3 is 1. The molecule has 1 saturated heterocycles. The second-order valence-corrected chi connectivity index (χ2v) is 5.92. The van der Waals surface area contributed by atoms with Crippen LogP contribution in [0.15, 0.2) is 0 Å². The topological polar surface area (TPSA) is 50.8 Å². The number of urea groups is 1. The van der Waals surface area contributed by atoms with Gasteiger partial charge in [0, 0.05) is 13.7 Å². The van der Waals surface area contributed by atoms with E-state index in [9.17, 15) is 4.79 Å². The zero-order chi connectivity index (χ0) is 13.9. The molecule has 0 aromatic rings. The minimum absolute atomic E-state index is 0.0249. The lowest BCUT2D eigenvalue weighted by molar-refractivity contribution is -0.0876. The Hall–Kier alpha value is -0.810. The minimum atomic E-state index is -0.202. The molecule has 1 heterocycles. The number of hydrogen-bond acceptors (Lipinski definition) is 3. The summed E-state index contributed by atoms with van der Waals surface area (Å²) in [5.41, 5.74) is -0.202. The highest BCUT2D eigenvalue weighted by Crippen LogP contribution is 2.33. The molecule has 1 aliphatic heterocycles. The molecule has 0 unspecified atom stereocenters. The monoisotopic (exact) mass is 270 g/mol. The largest absolute Gasteiger partial charge is 0.383 e. The molecule has 5 nitrogen and oxygen atoms in total. The van der Waals surface area contributed by atoms with Crippen molar-refractivity contribution in [3.05, 3.63) is 0 Å². The molecule has 0 aromatic carbocycles. The molecule has 1 aliphatic carbocycles. The summed E-state index contributed by atoms with van der Waals surface area (Å²) < 4.78 is 11.0. The molecule has 1 N–H and O–H groups in total. The molecule has 19 heavy (non-hydrogen) atoms. The lowest BCUT2D eigenvalue weighted by Crippen LogP contribution is -2.56. The van der Waals surface area contributed by atoms with Crippen LogP contribution >= 0.6 is 0 Å². The molecule has 110 valence electrons. The van der Waals surface area contributed by atoms with Crippen LogP contribution in [0, 0.1) is 5.92 Å². The van der Waals surface area contributed by atoms with Gasteiger partial charge >= 0.3 is 6.03 Å². The minimum Gasteiger partial charge on any atom is -0.383 e. The van der Waals surface area contributed by atoms with Crippen molar-refractivity contribution in [2.75, 3.05) is 33.4 Å². The first-order chi connectivity index (χ1) is 9.08. The molecule has 2 amide bonds. The highest BCUT2D eigenvalue weighted by atomic mass is 16.5. The molecule has 2 aliphatic rings. The van der Waals surface area contributed by atoms with Crippen molar-refractivity contribution in [3.8, 4) is 0 Å². The maximum absolute atomic E-state index is 12.3. The first-order valence-electron chi connectivity index (χ1n) is 7.26. The van der Waals surface area contributed by atoms with Gasteiger partial charge in [-0.05, 0) is 32.1 Å². The summed E-state index contributed by atoms with van der Waals surface area (Å²) in [6.07, 6.45) is 3.31. The van der Waals surface area contributed by atoms with Crippen LogP contribution in [0.2, 0.25) is 0 Å². The van der Waals surface area contributed by atoms with E-state index in [-0.39, 0.29) is 17.7 Å². The van der Waals surface area contributed by atoms with Crippen LogP contribution in [0.5, 0.6) is 0 Å². The lowest BCUT2D eigenvalue weighted by atomic mass is 10.0. The molecular weight excluding hydrogens is 244 g/mol. The van der Waals surface area contributed by atoms with E-state index in [0.29, 0.717) is 32.2 Å². The number of carbonyl (C=O) groups is 1. The second kappa shape index (κ2) is 6.09. The number of carbonyl (C=O) groups excluding carboxylic acids is 1. The maximum atomic E-state index is 12.3. The van der Waals surface area contributed by atoms with Gasteiger partial charge in [0.2, 0.25) is 0 Å². The predicted molar refractivity (Wildman–Crippen MR) is 73.1 cm³/mol. The first-order valence-corrected chi connectivity index (χ1v) is 7.26. The van der Waals surface area contributed by atoms with Gasteiger partial charge in [-0.15, -0.1) is 0 Å². The molecule has 1 saturated carbocycles. The summed E-state index contributed by atoms with van der Waals surface area (Å²) in [5, 5.41) is 3.12. The van der Waals surface area contributed by atoms with Crippen LogP contribution in [0.4, 0.5) is 4.79 Å². The van der Waals surface area contributed by atoms with Crippen LogP contribution in [-0.2, 0) is 9.47 Å². The summed E-state index contributed by atoms with van der Waals surface area (Å²) in [7, 11) is 1.68. The van der Waals surface area contributed by atoms with Gasteiger partial charge in [-0.3, -0.25) is 0 Å². The Morgan fingerprint density at radius 2 is 2.32 bits per heavy atom. The van der Waals surface area contributed by atoms with Gasteiger partial charge in [0.1, 0.15) is 0 Å². The van der Waals surface area contributed by atoms with Crippen molar-refractivity contribution in [1.82, 2.24) is 10.2 Å². The Morgan fingerprint density at radius 1 is 1.58 bits per heavy atom. The van der Waals surface area contributed by atoms with E-state index in [1.54, 1.807) is 7.11 Å². The average Bonchev–Trinajstić information content (AvgIpc) is 3.22. The van der Waals surface area contributed by atoms with Crippen molar-refractivity contribution >= 4 is 6.03 Å². The van der Waals surface area contributed by atoms with Crippen molar-refractivity contribution in [2.45, 2.75) is 44.8 Å². The van der Waals surface area contributed by atoms with Gasteiger partial charge in [-0.1, -0.05) is 6.92 Å². The summed E-state index contributed by atoms with van der Waals surface area (Å²) >= 11 is 0. The van der Waals surface area contributed by atoms with Crippen molar-refractivity contribution in [1.29, 1.82) is 0 Å². The Balaban J connectivity index is 1.87. The van der Waals surface area contributed by atoms with E-state index in [0.717, 1.165) is 6.42 Å². The number of nitrogens with one attached hydrogen (secondary N) is 1. The smallest absolute Gasteiger partial charge is 0.317 e. The Morgan fingerprint density at radius 3 is 2.89 bits per heavy atom. The van der Waals surface area contributed by atoms with Gasteiger partial charge in [0.25, 0.3) is 0 Å². The fraction of sp³-hybridized carbons (Fsp3) is 0.929. The zero-order valence-corrected chi connectivity index (χ0v) is 12.3. The Kier molecular flexibility index (Phi) is 4.68. The highest BCUT2D eigenvalue weighted by Gasteiger charge is 2.36. The van der Waals surface area contributed by atoms with Crippen molar-refractivity contribution in [3.63, 3.8) is 0 Å². The Bertz CT molecular complexity index is 320. The molecule has 5 heteroatoms. The molecule has 0 bridgehead atoms. The average molecular weight is 270 g/mol. The van der Waals surface area contributed by atoms with E-state index in [1.807, 2.05) is 4.90 Å². The van der Waals surface area contributed by atoms with E-state index >= 15 is 0 Å². The highest BCUT2D eigenvalue weighted by molar-refractivity contribution is 5.74. The van der Waals surface area contributed by atoms with Gasteiger partial charge < -0.3 is 19.7 Å². The van der Waals surface area contributed by atoms with Crippen molar-refractivity contribution in [2.24, 2.45) is 5.92 Å². The third-order valence-corrected chi connectivity index (χ3v) is 4.22. The van der Waals surface area contributed by atoms with Crippen LogP contribution in [0.3, 0.4) is 0 Å². The first kappa shape index (κ1) is 14.6. The second-order valence-electron chi connectivity index (χ2n) is 5.92. The molecule has 2 rings (SSSR count). The van der Waals surface area contributed by atoms with Crippen LogP contribution < -0.4 is 5.32 Å². The van der Waals surface area contributed by atoms with Crippen LogP contribution in [-0.4, -0.2) is 56.0 Å². The number of morpholine rings is 1. The number of amides is 2. The van der Waals surface area contributed by atoms with Crippen LogP contribution in [0.25, 0.3) is 0 Å². The normalized spacial score (nSPS) is 29.1. The standard InChI is InChI=1S/C14H26N2O3/c1-4-14(2)10-16(7-8-19-14)13(17)15-12(9-18-3)11-5-6-11/h11-12H,4-10H2,1-3H3,(H,15,17)/t12-,14-/m0/s1. The third-order valence-electron chi connectivity index (χ3n) is 4.22. The number of ether oxygens (including phenoxy) is 2. The molecule has 0 spiro atoms. The van der Waals surface area contributed by atoms with E-state index < -0.39 is 0 Å². The zero-order valence-electron chi connectivity index (χ0n) is 12.3. The fourth-order valence-electron chi connectivity index (χ4n) is 2.54. The molecule has 2 fully saturated rings. The molecule has 0 radical (unpaired) electrons. The lowest BCUT2D eigenvalue weighted by Gasteiger charge is -2.40.